The number of amides is 1. The molecule has 0 aromatic heterocycles. The van der Waals surface area contributed by atoms with Gasteiger partial charge in [-0.1, -0.05) is 6.92 Å². The van der Waals surface area contributed by atoms with Crippen LogP contribution in [-0.2, 0) is 4.79 Å². The van der Waals surface area contributed by atoms with Gasteiger partial charge in [0.2, 0.25) is 5.91 Å². The summed E-state index contributed by atoms with van der Waals surface area (Å²) in [6, 6.07) is 0. The molecule has 0 saturated carbocycles. The highest BCUT2D eigenvalue weighted by atomic mass is 16.3. The molecule has 1 amide bonds. The number of aliphatic hydroxyl groups excluding tert-OH is 1. The molecule has 0 bridgehead atoms. The van der Waals surface area contributed by atoms with Crippen molar-refractivity contribution in [2.24, 2.45) is 11.8 Å². The van der Waals surface area contributed by atoms with Crippen molar-refractivity contribution >= 4 is 5.91 Å². The largest absolute Gasteiger partial charge is 0.395 e. The predicted molar refractivity (Wildman–Crippen MR) is 70.2 cm³/mol. The van der Waals surface area contributed by atoms with Gasteiger partial charge in [0.05, 0.1) is 12.5 Å². The molecule has 2 rings (SSSR count). The van der Waals surface area contributed by atoms with Crippen LogP contribution in [0.1, 0.15) is 13.3 Å². The topological polar surface area (TPSA) is 55.8 Å². The Labute approximate surface area is 109 Å². The minimum atomic E-state index is 0.161. The quantitative estimate of drug-likeness (QED) is 0.705. The molecule has 0 aliphatic carbocycles. The molecule has 5 heteroatoms. The lowest BCUT2D eigenvalue weighted by atomic mass is 9.96. The number of nitrogens with one attached hydrogen (secondary N) is 1. The molecular weight excluding hydrogens is 230 g/mol. The van der Waals surface area contributed by atoms with Gasteiger partial charge in [-0.15, -0.1) is 0 Å². The molecule has 0 aromatic rings. The lowest BCUT2D eigenvalue weighted by molar-refractivity contribution is -0.135. The van der Waals surface area contributed by atoms with E-state index in [4.69, 9.17) is 5.11 Å². The molecule has 2 fully saturated rings. The first kappa shape index (κ1) is 13.8. The van der Waals surface area contributed by atoms with Gasteiger partial charge in [0.15, 0.2) is 0 Å². The van der Waals surface area contributed by atoms with Gasteiger partial charge in [-0.25, -0.2) is 0 Å². The summed E-state index contributed by atoms with van der Waals surface area (Å²) in [6.45, 7) is 8.42. The van der Waals surface area contributed by atoms with E-state index in [9.17, 15) is 4.79 Å². The third-order valence-electron chi connectivity index (χ3n) is 4.15. The molecule has 2 heterocycles. The molecule has 0 radical (unpaired) electrons. The first-order valence-electron chi connectivity index (χ1n) is 7.05. The zero-order valence-corrected chi connectivity index (χ0v) is 11.3. The Morgan fingerprint density at radius 3 is 2.78 bits per heavy atom. The second-order valence-corrected chi connectivity index (χ2v) is 5.49. The molecule has 2 aliphatic heterocycles. The number of carbonyl (C=O) groups is 1. The monoisotopic (exact) mass is 255 g/mol. The smallest absolute Gasteiger partial charge is 0.227 e. The van der Waals surface area contributed by atoms with E-state index in [1.165, 1.54) is 0 Å². The fourth-order valence-corrected chi connectivity index (χ4v) is 2.93. The maximum absolute atomic E-state index is 12.4. The van der Waals surface area contributed by atoms with Crippen LogP contribution in [0, 0.1) is 11.8 Å². The first-order valence-corrected chi connectivity index (χ1v) is 7.05. The van der Waals surface area contributed by atoms with E-state index in [1.807, 2.05) is 4.90 Å². The van der Waals surface area contributed by atoms with E-state index < -0.39 is 0 Å². The van der Waals surface area contributed by atoms with Crippen LogP contribution >= 0.6 is 0 Å². The molecule has 104 valence electrons. The molecule has 0 spiro atoms. The number of hydrogen-bond donors (Lipinski definition) is 2. The summed E-state index contributed by atoms with van der Waals surface area (Å²) in [5.41, 5.74) is 0. The number of hydrogen-bond acceptors (Lipinski definition) is 4. The number of aliphatic hydroxyl groups is 1. The van der Waals surface area contributed by atoms with E-state index in [-0.39, 0.29) is 12.5 Å². The van der Waals surface area contributed by atoms with Crippen LogP contribution in [0.2, 0.25) is 0 Å². The van der Waals surface area contributed by atoms with Crippen molar-refractivity contribution in [2.75, 3.05) is 52.4 Å². The van der Waals surface area contributed by atoms with E-state index in [0.29, 0.717) is 11.8 Å². The number of β-amino-alcohol motifs (C(OH)–C–C–N with tert-alkyl or cyclic N) is 1. The third kappa shape index (κ3) is 3.22. The van der Waals surface area contributed by atoms with E-state index in [2.05, 4.69) is 17.1 Å². The van der Waals surface area contributed by atoms with Gasteiger partial charge in [0, 0.05) is 32.7 Å². The summed E-state index contributed by atoms with van der Waals surface area (Å²) in [7, 11) is 0. The highest BCUT2D eigenvalue weighted by Gasteiger charge is 2.33. The van der Waals surface area contributed by atoms with Crippen molar-refractivity contribution in [3.8, 4) is 0 Å². The molecule has 2 aliphatic rings. The van der Waals surface area contributed by atoms with Crippen LogP contribution < -0.4 is 5.32 Å². The minimum Gasteiger partial charge on any atom is -0.395 e. The molecule has 0 unspecified atom stereocenters. The van der Waals surface area contributed by atoms with Gasteiger partial charge in [0.1, 0.15) is 0 Å². The zero-order valence-electron chi connectivity index (χ0n) is 11.3. The SMILES string of the molecule is C[C@@H]1CNC[C@H]1C(=O)N1CCCN(CCO)CC1. The lowest BCUT2D eigenvalue weighted by Gasteiger charge is -2.25. The van der Waals surface area contributed by atoms with Crippen LogP contribution in [0.3, 0.4) is 0 Å². The van der Waals surface area contributed by atoms with Crippen LogP contribution in [0.15, 0.2) is 0 Å². The summed E-state index contributed by atoms with van der Waals surface area (Å²) >= 11 is 0. The molecular formula is C13H25N3O2. The van der Waals surface area contributed by atoms with Crippen molar-refractivity contribution in [3.05, 3.63) is 0 Å². The highest BCUT2D eigenvalue weighted by Crippen LogP contribution is 2.19. The predicted octanol–water partition coefficient (Wildman–Crippen LogP) is -0.631. The maximum Gasteiger partial charge on any atom is 0.227 e. The van der Waals surface area contributed by atoms with Gasteiger partial charge < -0.3 is 15.3 Å². The average molecular weight is 255 g/mol. The molecule has 5 nitrogen and oxygen atoms in total. The van der Waals surface area contributed by atoms with Crippen molar-refractivity contribution < 1.29 is 9.90 Å². The van der Waals surface area contributed by atoms with E-state index >= 15 is 0 Å². The Morgan fingerprint density at radius 1 is 1.28 bits per heavy atom. The Kier molecular flexibility index (Phi) is 4.97. The second kappa shape index (κ2) is 6.50. The van der Waals surface area contributed by atoms with E-state index in [0.717, 1.165) is 52.2 Å². The van der Waals surface area contributed by atoms with Crippen molar-refractivity contribution in [1.29, 1.82) is 0 Å². The number of carbonyl (C=O) groups excluding carboxylic acids is 1. The summed E-state index contributed by atoms with van der Waals surface area (Å²) in [5, 5.41) is 12.3. The molecule has 18 heavy (non-hydrogen) atoms. The maximum atomic E-state index is 12.4. The summed E-state index contributed by atoms with van der Waals surface area (Å²) < 4.78 is 0. The summed E-state index contributed by atoms with van der Waals surface area (Å²) in [5.74, 6) is 0.932. The number of rotatable bonds is 3. The highest BCUT2D eigenvalue weighted by molar-refractivity contribution is 5.79. The minimum absolute atomic E-state index is 0.161. The average Bonchev–Trinajstić information content (AvgIpc) is 2.64. The van der Waals surface area contributed by atoms with Gasteiger partial charge >= 0.3 is 0 Å². The summed E-state index contributed by atoms with van der Waals surface area (Å²) in [6.07, 6.45) is 1.01. The zero-order chi connectivity index (χ0) is 13.0. The standard InChI is InChI=1S/C13H25N3O2/c1-11-9-14-10-12(11)13(18)16-4-2-3-15(5-6-16)7-8-17/h11-12,14,17H,2-10H2,1H3/t11-,12-/m1/s1. The van der Waals surface area contributed by atoms with Gasteiger partial charge in [-0.3, -0.25) is 9.69 Å². The number of nitrogens with zero attached hydrogens (tertiary/aromatic N) is 2. The van der Waals surface area contributed by atoms with Crippen molar-refractivity contribution in [3.63, 3.8) is 0 Å². The normalized spacial score (nSPS) is 30.4. The van der Waals surface area contributed by atoms with Crippen molar-refractivity contribution in [1.82, 2.24) is 15.1 Å². The van der Waals surface area contributed by atoms with Crippen LogP contribution in [0.5, 0.6) is 0 Å². The van der Waals surface area contributed by atoms with E-state index in [1.54, 1.807) is 0 Å². The molecule has 0 aromatic carbocycles. The Balaban J connectivity index is 1.87. The third-order valence-corrected chi connectivity index (χ3v) is 4.15. The Morgan fingerprint density at radius 2 is 2.11 bits per heavy atom. The lowest BCUT2D eigenvalue weighted by Crippen LogP contribution is -2.41. The Bertz CT molecular complexity index is 285. The van der Waals surface area contributed by atoms with Crippen LogP contribution in [0.25, 0.3) is 0 Å². The fraction of sp³-hybridized carbons (Fsp3) is 0.923. The second-order valence-electron chi connectivity index (χ2n) is 5.49. The molecule has 2 atom stereocenters. The van der Waals surface area contributed by atoms with Crippen LogP contribution in [0.4, 0.5) is 0 Å². The molecule has 2 N–H and O–H groups in total. The first-order chi connectivity index (χ1) is 8.72. The van der Waals surface area contributed by atoms with Crippen LogP contribution in [-0.4, -0.2) is 73.2 Å². The van der Waals surface area contributed by atoms with Gasteiger partial charge in [-0.05, 0) is 25.4 Å². The van der Waals surface area contributed by atoms with Crippen molar-refractivity contribution in [2.45, 2.75) is 13.3 Å². The summed E-state index contributed by atoms with van der Waals surface area (Å²) in [4.78, 5) is 16.7. The van der Waals surface area contributed by atoms with Gasteiger partial charge in [0.25, 0.3) is 0 Å². The fourth-order valence-electron chi connectivity index (χ4n) is 2.93. The molecule has 2 saturated heterocycles. The Hall–Kier alpha value is -0.650. The van der Waals surface area contributed by atoms with Gasteiger partial charge in [-0.2, -0.15) is 0 Å².